The van der Waals surface area contributed by atoms with Gasteiger partial charge in [-0.1, -0.05) is 60.7 Å². The summed E-state index contributed by atoms with van der Waals surface area (Å²) in [6.07, 6.45) is 8.95. The molecule has 310 valence electrons. The summed E-state index contributed by atoms with van der Waals surface area (Å²) in [6, 6.07) is 27.0. The van der Waals surface area contributed by atoms with Crippen molar-refractivity contribution >= 4 is 17.5 Å². The lowest BCUT2D eigenvalue weighted by molar-refractivity contribution is -1.10. The maximum absolute atomic E-state index is 14.7. The minimum atomic E-state index is -0.820. The molecule has 2 aliphatic carbocycles. The second kappa shape index (κ2) is 17.8. The zero-order valence-corrected chi connectivity index (χ0v) is 34.5. The van der Waals surface area contributed by atoms with Gasteiger partial charge in [-0.25, -0.2) is 13.8 Å². The highest BCUT2D eigenvalue weighted by Crippen LogP contribution is 2.48. The molecular weight excluding hydrogens is 757 g/mol. The number of benzene rings is 3. The van der Waals surface area contributed by atoms with Crippen molar-refractivity contribution in [1.82, 2.24) is 30.1 Å². The molecule has 3 aliphatic heterocycles. The molecule has 12 heteroatoms. The predicted molar refractivity (Wildman–Crippen MR) is 230 cm³/mol. The number of aromatic nitrogens is 1. The average Bonchev–Trinajstić information content (AvgIpc) is 3.64. The SMILES string of the molecule is Cc1ccccc1CNC(=O)C1=C2CCCCC2=C2C1=NC(c1cccnc1)=N[N+]2(N1CCN(CCc2ccccc2)CC1)N1CCN(CCc2ccc(F)c(F)c2)CC1. The first-order chi connectivity index (χ1) is 29.4. The van der Waals surface area contributed by atoms with Crippen molar-refractivity contribution in [2.24, 2.45) is 10.1 Å². The third-order valence-corrected chi connectivity index (χ3v) is 12.9. The van der Waals surface area contributed by atoms with Gasteiger partial charge in [0.25, 0.3) is 5.91 Å². The fourth-order valence-electron chi connectivity index (χ4n) is 9.51. The summed E-state index contributed by atoms with van der Waals surface area (Å²) < 4.78 is 27.8. The minimum absolute atomic E-state index is 0.0975. The topological polar surface area (TPSA) is 79.7 Å². The zero-order chi connectivity index (χ0) is 41.1. The van der Waals surface area contributed by atoms with Crippen molar-refractivity contribution in [1.29, 1.82) is 0 Å². The van der Waals surface area contributed by atoms with Crippen LogP contribution in [0.1, 0.15) is 53.5 Å². The van der Waals surface area contributed by atoms with Gasteiger partial charge in [-0.2, -0.15) is 0 Å². The largest absolute Gasteiger partial charge is 0.348 e. The molecule has 3 aromatic carbocycles. The van der Waals surface area contributed by atoms with Gasteiger partial charge in [-0.15, -0.1) is 10.0 Å². The van der Waals surface area contributed by atoms with Crippen molar-refractivity contribution in [3.8, 4) is 0 Å². The average molecular weight is 811 g/mol. The van der Waals surface area contributed by atoms with Gasteiger partial charge in [-0.3, -0.25) is 9.78 Å². The lowest BCUT2D eigenvalue weighted by Gasteiger charge is -2.51. The Morgan fingerprint density at radius 2 is 1.40 bits per heavy atom. The first kappa shape index (κ1) is 40.2. The van der Waals surface area contributed by atoms with Gasteiger partial charge in [0.1, 0.15) is 5.71 Å². The summed E-state index contributed by atoms with van der Waals surface area (Å²) in [5, 5.41) is 14.1. The second-order valence-electron chi connectivity index (χ2n) is 16.5. The maximum atomic E-state index is 14.7. The molecule has 4 heterocycles. The second-order valence-corrected chi connectivity index (χ2v) is 16.5. The number of quaternary nitrogens is 1. The van der Waals surface area contributed by atoms with E-state index in [1.807, 2.05) is 30.5 Å². The number of amides is 1. The molecule has 1 unspecified atom stereocenters. The summed E-state index contributed by atoms with van der Waals surface area (Å²) in [4.78, 5) is 29.7. The zero-order valence-electron chi connectivity index (χ0n) is 34.5. The number of nitrogens with zero attached hydrogens (tertiary/aromatic N) is 8. The number of hydrogen-bond acceptors (Lipinski definition) is 8. The normalized spacial score (nSPS) is 21.7. The molecule has 0 bridgehead atoms. The van der Waals surface area contributed by atoms with Crippen LogP contribution in [0.3, 0.4) is 0 Å². The van der Waals surface area contributed by atoms with Gasteiger partial charge in [0, 0.05) is 69.3 Å². The highest BCUT2D eigenvalue weighted by Gasteiger charge is 2.58. The van der Waals surface area contributed by atoms with E-state index in [1.165, 1.54) is 23.3 Å². The summed E-state index contributed by atoms with van der Waals surface area (Å²) in [5.41, 5.74) is 9.91. The molecule has 2 saturated heterocycles. The molecule has 5 aliphatic rings. The number of carbonyl (C=O) groups is 1. The highest BCUT2D eigenvalue weighted by atomic mass is 19.2. The number of nitrogens with one attached hydrogen (secondary N) is 1. The van der Waals surface area contributed by atoms with Gasteiger partial charge < -0.3 is 15.1 Å². The molecule has 1 atom stereocenters. The Hall–Kier alpha value is -5.24. The van der Waals surface area contributed by atoms with Gasteiger partial charge >= 0.3 is 0 Å². The number of aliphatic imine (C=N–C) groups is 1. The van der Waals surface area contributed by atoms with Crippen LogP contribution in [0.4, 0.5) is 8.78 Å². The Kier molecular flexibility index (Phi) is 11.9. The van der Waals surface area contributed by atoms with Gasteiger partial charge in [-0.05, 0) is 107 Å². The van der Waals surface area contributed by atoms with Crippen molar-refractivity contribution in [2.75, 3.05) is 65.4 Å². The van der Waals surface area contributed by atoms with Crippen LogP contribution in [-0.4, -0.2) is 113 Å². The van der Waals surface area contributed by atoms with Crippen LogP contribution in [0.2, 0.25) is 0 Å². The van der Waals surface area contributed by atoms with E-state index in [0.717, 1.165) is 124 Å². The summed E-state index contributed by atoms with van der Waals surface area (Å²) >= 11 is 0. The Balaban J connectivity index is 1.07. The van der Waals surface area contributed by atoms with E-state index in [-0.39, 0.29) is 10.7 Å². The van der Waals surface area contributed by atoms with Gasteiger partial charge in [0.2, 0.25) is 11.5 Å². The molecule has 1 saturated carbocycles. The molecule has 60 heavy (non-hydrogen) atoms. The summed E-state index contributed by atoms with van der Waals surface area (Å²) in [7, 11) is 0. The number of fused-ring (bicyclic) bond motifs is 2. The van der Waals surface area contributed by atoms with Crippen LogP contribution in [0.5, 0.6) is 0 Å². The van der Waals surface area contributed by atoms with E-state index in [2.05, 4.69) is 79.5 Å². The number of amidine groups is 1. The minimum Gasteiger partial charge on any atom is -0.348 e. The predicted octanol–water partition coefficient (Wildman–Crippen LogP) is 6.61. The van der Waals surface area contributed by atoms with Gasteiger partial charge in [0.15, 0.2) is 11.6 Å². The molecule has 0 radical (unpaired) electrons. The number of hydrogen-bond donors (Lipinski definition) is 1. The highest BCUT2D eigenvalue weighted by molar-refractivity contribution is 6.33. The fourth-order valence-corrected chi connectivity index (χ4v) is 9.51. The quantitative estimate of drug-likeness (QED) is 0.163. The number of piperazine rings is 2. The van der Waals surface area contributed by atoms with E-state index in [1.54, 1.807) is 12.3 Å². The van der Waals surface area contributed by atoms with E-state index >= 15 is 0 Å². The number of pyridine rings is 1. The third-order valence-electron chi connectivity index (χ3n) is 12.9. The number of carbonyl (C=O) groups excluding carboxylic acids is 1. The molecule has 1 amide bonds. The van der Waals surface area contributed by atoms with E-state index < -0.39 is 11.6 Å². The molecule has 0 spiro atoms. The van der Waals surface area contributed by atoms with E-state index in [0.29, 0.717) is 37.5 Å². The fraction of sp³-hybridized carbons (Fsp3) is 0.375. The number of halogens is 2. The molecule has 4 aromatic rings. The number of rotatable bonds is 12. The summed E-state index contributed by atoms with van der Waals surface area (Å²) in [6.45, 7) is 10.5. The molecule has 9 rings (SSSR count). The number of aryl methyl sites for hydroxylation is 1. The van der Waals surface area contributed by atoms with Crippen LogP contribution in [-0.2, 0) is 24.2 Å². The first-order valence-corrected chi connectivity index (χ1v) is 21.6. The molecule has 10 nitrogen and oxygen atoms in total. The Labute approximate surface area is 351 Å². The monoisotopic (exact) mass is 810 g/mol. The Morgan fingerprint density at radius 3 is 2.07 bits per heavy atom. The van der Waals surface area contributed by atoms with E-state index in [4.69, 9.17) is 10.1 Å². The van der Waals surface area contributed by atoms with Crippen molar-refractivity contribution in [2.45, 2.75) is 52.0 Å². The van der Waals surface area contributed by atoms with Crippen LogP contribution in [0.25, 0.3) is 0 Å². The van der Waals surface area contributed by atoms with Crippen molar-refractivity contribution < 1.29 is 18.4 Å². The van der Waals surface area contributed by atoms with Crippen LogP contribution in [0, 0.1) is 18.6 Å². The van der Waals surface area contributed by atoms with Crippen molar-refractivity contribution in [3.05, 3.63) is 159 Å². The lowest BCUT2D eigenvalue weighted by Crippen LogP contribution is -2.72. The molecular formula is C48H54F2N9O+. The summed E-state index contributed by atoms with van der Waals surface area (Å²) in [5.74, 6) is -1.16. The van der Waals surface area contributed by atoms with E-state index in [9.17, 15) is 13.6 Å². The Bertz CT molecular complexity index is 2330. The first-order valence-electron chi connectivity index (χ1n) is 21.6. The van der Waals surface area contributed by atoms with Gasteiger partial charge in [0.05, 0.1) is 31.8 Å². The molecule has 1 N–H and O–H groups in total. The third kappa shape index (κ3) is 8.14. The van der Waals surface area contributed by atoms with Crippen LogP contribution in [0.15, 0.2) is 130 Å². The maximum Gasteiger partial charge on any atom is 0.254 e. The lowest BCUT2D eigenvalue weighted by atomic mass is 9.89. The molecule has 3 fully saturated rings. The Morgan fingerprint density at radius 1 is 0.733 bits per heavy atom. The smallest absolute Gasteiger partial charge is 0.254 e. The van der Waals surface area contributed by atoms with Crippen LogP contribution < -0.4 is 5.32 Å². The van der Waals surface area contributed by atoms with Crippen molar-refractivity contribution in [3.63, 3.8) is 0 Å². The van der Waals surface area contributed by atoms with Crippen LogP contribution >= 0.6 is 0 Å². The molecule has 1 aromatic heterocycles. The standard InChI is InChI=1S/C48H53F2N9O/c1-35-10-5-6-13-38(35)34-52-48(60)44-40-15-7-8-16-41(40)46-45(44)53-47(39-14-9-21-51-33-39)54-59(46,57-28-24-55(25-29-57)22-19-36-11-3-2-4-12-36)58-30-26-56(27-31-58)23-20-37-17-18-42(49)43(50)32-37/h2-6,9-14,17-18,21,32-33H,7-8,15-16,19-20,22-31,34H2,1H3/p+1. The number of allylic oxidation sites excluding steroid dienone is 3.